The summed E-state index contributed by atoms with van der Waals surface area (Å²) in [7, 11) is 0. The fourth-order valence-electron chi connectivity index (χ4n) is 1.78. The average molecular weight is 216 g/mol. The van der Waals surface area contributed by atoms with Gasteiger partial charge in [-0.25, -0.2) is 0 Å². The van der Waals surface area contributed by atoms with Gasteiger partial charge in [0.25, 0.3) is 5.91 Å². The maximum absolute atomic E-state index is 11.8. The monoisotopic (exact) mass is 216 g/mol. The zero-order chi connectivity index (χ0) is 11.0. The third-order valence-corrected chi connectivity index (χ3v) is 2.79. The lowest BCUT2D eigenvalue weighted by atomic mass is 10.1. The van der Waals surface area contributed by atoms with Gasteiger partial charge in [0, 0.05) is 22.7 Å². The van der Waals surface area contributed by atoms with Gasteiger partial charge in [0.2, 0.25) is 0 Å². The summed E-state index contributed by atoms with van der Waals surface area (Å²) in [5.41, 5.74) is 1.74. The Morgan fingerprint density at radius 1 is 1.38 bits per heavy atom. The molecule has 2 aromatic rings. The second kappa shape index (κ2) is 3.64. The summed E-state index contributed by atoms with van der Waals surface area (Å²) in [5.74, 6) is -0.0311. The molecule has 0 bridgehead atoms. The van der Waals surface area contributed by atoms with Gasteiger partial charge in [-0.15, -0.1) is 0 Å². The molecule has 1 aromatic carbocycles. The van der Waals surface area contributed by atoms with Crippen LogP contribution in [0.15, 0.2) is 30.5 Å². The van der Waals surface area contributed by atoms with E-state index in [2.05, 4.69) is 10.3 Å². The molecule has 0 radical (unpaired) electrons. The third-order valence-electron chi connectivity index (χ3n) is 2.79. The summed E-state index contributed by atoms with van der Waals surface area (Å²) in [4.78, 5) is 14.9. The van der Waals surface area contributed by atoms with Gasteiger partial charge in [-0.05, 0) is 24.3 Å². The molecule has 82 valence electrons. The Kier molecular flexibility index (Phi) is 2.15. The van der Waals surface area contributed by atoms with Crippen LogP contribution in [-0.2, 0) is 4.74 Å². The van der Waals surface area contributed by atoms with Crippen LogP contribution in [-0.4, -0.2) is 30.1 Å². The van der Waals surface area contributed by atoms with E-state index in [-0.39, 0.29) is 11.9 Å². The predicted molar refractivity (Wildman–Crippen MR) is 60.4 cm³/mol. The molecule has 4 nitrogen and oxygen atoms in total. The molecule has 16 heavy (non-hydrogen) atoms. The molecular formula is C12H12N2O2. The highest BCUT2D eigenvalue weighted by atomic mass is 16.5. The lowest BCUT2D eigenvalue weighted by Gasteiger charge is -2.26. The minimum atomic E-state index is -0.0311. The predicted octanol–water partition coefficient (Wildman–Crippen LogP) is 1.30. The summed E-state index contributed by atoms with van der Waals surface area (Å²) in [5, 5.41) is 3.97. The molecule has 1 fully saturated rings. The first-order chi connectivity index (χ1) is 7.83. The van der Waals surface area contributed by atoms with E-state index in [1.165, 1.54) is 0 Å². The minimum absolute atomic E-state index is 0.0311. The Balaban J connectivity index is 1.83. The molecule has 1 aliphatic heterocycles. The number of carbonyl (C=O) groups is 1. The van der Waals surface area contributed by atoms with Crippen LogP contribution < -0.4 is 5.32 Å². The molecular weight excluding hydrogens is 204 g/mol. The first-order valence-corrected chi connectivity index (χ1v) is 5.29. The van der Waals surface area contributed by atoms with E-state index in [1.54, 1.807) is 0 Å². The van der Waals surface area contributed by atoms with Crippen molar-refractivity contribution < 1.29 is 9.53 Å². The van der Waals surface area contributed by atoms with E-state index >= 15 is 0 Å². The number of fused-ring (bicyclic) bond motifs is 1. The van der Waals surface area contributed by atoms with Crippen molar-refractivity contribution in [3.63, 3.8) is 0 Å². The maximum atomic E-state index is 11.8. The quantitative estimate of drug-likeness (QED) is 0.795. The fourth-order valence-corrected chi connectivity index (χ4v) is 1.78. The summed E-state index contributed by atoms with van der Waals surface area (Å²) < 4.78 is 5.01. The van der Waals surface area contributed by atoms with Crippen molar-refractivity contribution in [3.05, 3.63) is 36.0 Å². The zero-order valence-corrected chi connectivity index (χ0v) is 8.69. The molecule has 2 heterocycles. The summed E-state index contributed by atoms with van der Waals surface area (Å²) in [6, 6.07) is 7.77. The van der Waals surface area contributed by atoms with Gasteiger partial charge in [-0.3, -0.25) is 4.79 Å². The number of hydrogen-bond acceptors (Lipinski definition) is 2. The van der Waals surface area contributed by atoms with E-state index in [9.17, 15) is 4.79 Å². The number of H-pyrrole nitrogens is 1. The summed E-state index contributed by atoms with van der Waals surface area (Å²) in [6.07, 6.45) is 1.87. The molecule has 1 aromatic heterocycles. The minimum Gasteiger partial charge on any atom is -0.377 e. The SMILES string of the molecule is O=C(NC1COC1)c1ccc2[nH]ccc2c1. The Morgan fingerprint density at radius 2 is 2.25 bits per heavy atom. The van der Waals surface area contributed by atoms with Crippen molar-refractivity contribution in [1.82, 2.24) is 10.3 Å². The van der Waals surface area contributed by atoms with Gasteiger partial charge >= 0.3 is 0 Å². The zero-order valence-electron chi connectivity index (χ0n) is 8.69. The van der Waals surface area contributed by atoms with Crippen LogP contribution in [0, 0.1) is 0 Å². The number of carbonyl (C=O) groups excluding carboxylic acids is 1. The maximum Gasteiger partial charge on any atom is 0.251 e. The first-order valence-electron chi connectivity index (χ1n) is 5.29. The van der Waals surface area contributed by atoms with Gasteiger partial charge in [0.05, 0.1) is 19.3 Å². The van der Waals surface area contributed by atoms with E-state index in [1.807, 2.05) is 30.5 Å². The summed E-state index contributed by atoms with van der Waals surface area (Å²) in [6.45, 7) is 1.25. The van der Waals surface area contributed by atoms with Crippen molar-refractivity contribution in [3.8, 4) is 0 Å². The Labute approximate surface area is 92.6 Å². The first kappa shape index (κ1) is 9.42. The highest BCUT2D eigenvalue weighted by Gasteiger charge is 2.20. The van der Waals surface area contributed by atoms with E-state index in [0.717, 1.165) is 10.9 Å². The fraction of sp³-hybridized carbons (Fsp3) is 0.250. The van der Waals surface area contributed by atoms with Gasteiger partial charge in [0.15, 0.2) is 0 Å². The van der Waals surface area contributed by atoms with Gasteiger partial charge < -0.3 is 15.0 Å². The van der Waals surface area contributed by atoms with Crippen molar-refractivity contribution in [2.45, 2.75) is 6.04 Å². The normalized spacial score (nSPS) is 16.0. The van der Waals surface area contributed by atoms with Crippen molar-refractivity contribution in [2.24, 2.45) is 0 Å². The van der Waals surface area contributed by atoms with Crippen LogP contribution in [0.1, 0.15) is 10.4 Å². The number of rotatable bonds is 2. The molecule has 4 heteroatoms. The van der Waals surface area contributed by atoms with Crippen LogP contribution >= 0.6 is 0 Å². The molecule has 2 N–H and O–H groups in total. The van der Waals surface area contributed by atoms with E-state index in [4.69, 9.17) is 4.74 Å². The Morgan fingerprint density at radius 3 is 3.00 bits per heavy atom. The van der Waals surface area contributed by atoms with E-state index in [0.29, 0.717) is 18.8 Å². The highest BCUT2D eigenvalue weighted by molar-refractivity contribution is 5.98. The average Bonchev–Trinajstić information content (AvgIpc) is 2.69. The molecule has 1 aliphatic rings. The topological polar surface area (TPSA) is 54.1 Å². The number of benzene rings is 1. The Hall–Kier alpha value is -1.81. The van der Waals surface area contributed by atoms with Crippen LogP contribution in [0.2, 0.25) is 0 Å². The van der Waals surface area contributed by atoms with Crippen molar-refractivity contribution >= 4 is 16.8 Å². The van der Waals surface area contributed by atoms with Crippen LogP contribution in [0.3, 0.4) is 0 Å². The van der Waals surface area contributed by atoms with Gasteiger partial charge in [0.1, 0.15) is 0 Å². The second-order valence-electron chi connectivity index (χ2n) is 3.99. The van der Waals surface area contributed by atoms with Crippen LogP contribution in [0.25, 0.3) is 10.9 Å². The molecule has 1 saturated heterocycles. The highest BCUT2D eigenvalue weighted by Crippen LogP contribution is 2.14. The number of amides is 1. The number of aromatic nitrogens is 1. The molecule has 0 atom stereocenters. The van der Waals surface area contributed by atoms with Gasteiger partial charge in [-0.2, -0.15) is 0 Å². The lowest BCUT2D eigenvalue weighted by molar-refractivity contribution is -0.00346. The van der Waals surface area contributed by atoms with Gasteiger partial charge in [-0.1, -0.05) is 0 Å². The molecule has 0 saturated carbocycles. The molecule has 0 spiro atoms. The molecule has 0 aliphatic carbocycles. The Bertz CT molecular complexity index is 529. The number of ether oxygens (including phenoxy) is 1. The van der Waals surface area contributed by atoms with Crippen molar-refractivity contribution in [1.29, 1.82) is 0 Å². The van der Waals surface area contributed by atoms with Crippen molar-refractivity contribution in [2.75, 3.05) is 13.2 Å². The van der Waals surface area contributed by atoms with E-state index < -0.39 is 0 Å². The summed E-state index contributed by atoms with van der Waals surface area (Å²) >= 11 is 0. The largest absolute Gasteiger partial charge is 0.377 e. The standard InChI is InChI=1S/C12H12N2O2/c15-12(14-10-6-16-7-10)9-1-2-11-8(5-9)3-4-13-11/h1-5,10,13H,6-7H2,(H,14,15). The number of aromatic amines is 1. The van der Waals surface area contributed by atoms with Crippen LogP contribution in [0.4, 0.5) is 0 Å². The number of hydrogen-bond donors (Lipinski definition) is 2. The lowest BCUT2D eigenvalue weighted by Crippen LogP contribution is -2.48. The third kappa shape index (κ3) is 1.57. The molecule has 1 amide bonds. The number of nitrogens with one attached hydrogen (secondary N) is 2. The molecule has 0 unspecified atom stereocenters. The smallest absolute Gasteiger partial charge is 0.251 e. The second-order valence-corrected chi connectivity index (χ2v) is 3.99. The molecule has 3 rings (SSSR count). The van der Waals surface area contributed by atoms with Crippen LogP contribution in [0.5, 0.6) is 0 Å².